The van der Waals surface area contributed by atoms with Crippen molar-refractivity contribution < 1.29 is 42.5 Å². The Kier molecular flexibility index (Phi) is 2.41. The Balaban J connectivity index is 1.42. The van der Waals surface area contributed by atoms with Gasteiger partial charge in [-0.05, 0) is 71.6 Å². The van der Waals surface area contributed by atoms with Crippen molar-refractivity contribution in [3.8, 4) is 28.2 Å². The van der Waals surface area contributed by atoms with Gasteiger partial charge in [-0.25, -0.2) is 0 Å². The Morgan fingerprint density at radius 1 is 0.294 bits per heavy atom. The first-order valence-corrected chi connectivity index (χ1v) is 15.0. The minimum absolute atomic E-state index is 0.517. The molecule has 3 heterocycles. The van der Waals surface area contributed by atoms with E-state index in [-0.39, 0.29) is 0 Å². The summed E-state index contributed by atoms with van der Waals surface area (Å²) in [6.07, 6.45) is 0. The van der Waals surface area contributed by atoms with Gasteiger partial charge in [0.25, 0.3) is 0 Å². The molecule has 11 rings (SSSR count). The number of rotatable bonds is 4. The third kappa shape index (κ3) is 4.06. The molecule has 51 heavy (non-hydrogen) atoms. The van der Waals surface area contributed by atoms with Crippen molar-refractivity contribution in [1.82, 2.24) is 13.7 Å². The fraction of sp³-hybridized carbons (Fsp3) is 0. The first-order chi connectivity index (χ1) is 38.2. The van der Waals surface area contributed by atoms with Crippen LogP contribution in [0.1, 0.15) is 42.5 Å². The Hall–Kier alpha value is -6.84. The summed E-state index contributed by atoms with van der Waals surface area (Å²) < 4.78 is 283. The van der Waals surface area contributed by atoms with Crippen LogP contribution in [0.4, 0.5) is 0 Å². The van der Waals surface area contributed by atoms with Crippen LogP contribution in [-0.2, 0) is 0 Å². The number of aromatic nitrogens is 3. The number of para-hydroxylation sites is 4. The van der Waals surface area contributed by atoms with Crippen LogP contribution in [0.2, 0.25) is 0 Å². The third-order valence-corrected chi connectivity index (χ3v) is 8.41. The van der Waals surface area contributed by atoms with Crippen LogP contribution in [-0.4, -0.2) is 13.7 Å². The van der Waals surface area contributed by atoms with E-state index in [9.17, 15) is 20.6 Å². The maximum absolute atomic E-state index is 10.2. The summed E-state index contributed by atoms with van der Waals surface area (Å²) in [7, 11) is 0. The molecular weight excluding hydrogens is 619 g/mol. The molecule has 0 amide bonds. The van der Waals surface area contributed by atoms with Gasteiger partial charge in [0.1, 0.15) is 0 Å². The van der Waals surface area contributed by atoms with E-state index < -0.39 is 281 Å². The second-order valence-electron chi connectivity index (χ2n) is 11.0. The molecule has 0 aliphatic heterocycles. The fourth-order valence-corrected chi connectivity index (χ4v) is 6.35. The molecule has 11 aromatic rings. The van der Waals surface area contributed by atoms with E-state index in [1.54, 1.807) is 0 Å². The summed E-state index contributed by atoms with van der Waals surface area (Å²) in [5.41, 5.74) is -8.52. The number of nitrogens with zero attached hydrogens (tertiary/aromatic N) is 3. The lowest BCUT2D eigenvalue weighted by Crippen LogP contribution is -1.98. The minimum Gasteiger partial charge on any atom is -0.309 e. The lowest BCUT2D eigenvalue weighted by Gasteiger charge is -2.13. The van der Waals surface area contributed by atoms with Crippen molar-refractivity contribution >= 4 is 65.4 Å². The second-order valence-corrected chi connectivity index (χ2v) is 11.0. The molecule has 0 fully saturated rings. The lowest BCUT2D eigenvalue weighted by molar-refractivity contribution is 1.15. The number of hydrogen-bond acceptors (Lipinski definition) is 0. The van der Waals surface area contributed by atoms with Gasteiger partial charge in [-0.2, -0.15) is 0 Å². The van der Waals surface area contributed by atoms with Gasteiger partial charge in [0.15, 0.2) is 0 Å². The molecule has 0 saturated heterocycles. The molecule has 8 aromatic carbocycles. The van der Waals surface area contributed by atoms with Gasteiger partial charge in [-0.15, -0.1) is 0 Å². The molecule has 0 atom stereocenters. The second kappa shape index (κ2) is 10.8. The Morgan fingerprint density at radius 3 is 1.39 bits per heavy atom. The zero-order valence-electron chi connectivity index (χ0n) is 56.3. The van der Waals surface area contributed by atoms with Crippen LogP contribution in [0.3, 0.4) is 0 Å². The highest BCUT2D eigenvalue weighted by Gasteiger charge is 2.20. The Bertz CT molecular complexity index is 4800. The van der Waals surface area contributed by atoms with Gasteiger partial charge in [0, 0.05) is 43.7 Å². The van der Waals surface area contributed by atoms with Gasteiger partial charge in [-0.3, -0.25) is 0 Å². The summed E-state index contributed by atoms with van der Waals surface area (Å²) in [6, 6.07) is -29.9. The molecule has 3 nitrogen and oxygen atoms in total. The van der Waals surface area contributed by atoms with E-state index in [0.717, 1.165) is 4.57 Å². The predicted octanol–water partition coefficient (Wildman–Crippen LogP) is 12.6. The summed E-state index contributed by atoms with van der Waals surface area (Å²) in [4.78, 5) is 0. The van der Waals surface area contributed by atoms with Crippen LogP contribution in [0.25, 0.3) is 93.6 Å². The summed E-state index contributed by atoms with van der Waals surface area (Å²) in [5.74, 6) is 0. The molecule has 3 heteroatoms. The molecule has 0 saturated carbocycles. The number of benzene rings is 8. The highest BCUT2D eigenvalue weighted by molar-refractivity contribution is 6.17. The Morgan fingerprint density at radius 2 is 0.745 bits per heavy atom. The smallest absolute Gasteiger partial charge is 0.0667 e. The number of fused-ring (bicyclic) bond motifs is 9. The largest absolute Gasteiger partial charge is 0.309 e. The predicted molar refractivity (Wildman–Crippen MR) is 215 cm³/mol. The molecule has 0 radical (unpaired) electrons. The molecular formula is C48H31N3. The molecule has 0 unspecified atom stereocenters. The molecule has 3 aromatic heterocycles. The van der Waals surface area contributed by atoms with Gasteiger partial charge in [0.05, 0.1) is 81.3 Å². The van der Waals surface area contributed by atoms with E-state index in [2.05, 4.69) is 0 Å². The van der Waals surface area contributed by atoms with E-state index in [0.29, 0.717) is 9.13 Å². The van der Waals surface area contributed by atoms with Crippen molar-refractivity contribution in [2.24, 2.45) is 0 Å². The number of hydrogen-bond donors (Lipinski definition) is 0. The third-order valence-electron chi connectivity index (χ3n) is 8.41. The van der Waals surface area contributed by atoms with Crippen molar-refractivity contribution in [2.45, 2.75) is 0 Å². The zero-order valence-corrected chi connectivity index (χ0v) is 25.3. The average molecular weight is 681 g/mol. The first kappa shape index (κ1) is 11.3. The van der Waals surface area contributed by atoms with Crippen LogP contribution in [0.5, 0.6) is 0 Å². The monoisotopic (exact) mass is 680 g/mol. The van der Waals surface area contributed by atoms with Crippen LogP contribution >= 0.6 is 0 Å². The topological polar surface area (TPSA) is 14.8 Å². The van der Waals surface area contributed by atoms with Crippen molar-refractivity contribution in [2.75, 3.05) is 0 Å². The van der Waals surface area contributed by atoms with Crippen molar-refractivity contribution in [3.05, 3.63) is 187 Å². The fourth-order valence-electron chi connectivity index (χ4n) is 6.35. The van der Waals surface area contributed by atoms with Crippen molar-refractivity contribution in [1.29, 1.82) is 0 Å². The molecule has 0 bridgehead atoms. The summed E-state index contributed by atoms with van der Waals surface area (Å²) in [6.45, 7) is 0. The van der Waals surface area contributed by atoms with Crippen molar-refractivity contribution in [3.63, 3.8) is 0 Å². The van der Waals surface area contributed by atoms with Crippen LogP contribution in [0, 0.1) is 0 Å². The maximum Gasteiger partial charge on any atom is 0.0667 e. The normalized spacial score (nSPS) is 20.4. The quantitative estimate of drug-likeness (QED) is 0.176. The maximum atomic E-state index is 10.2. The SMILES string of the molecule is [2H]c1c([2H])c([2H])c(-c2c([2H])c([2H])c(-n3c4c([2H])c([2H])c([2H])c([2H])c4c4c([2H])c([2H])c(-n5c6c([2H])c([2H])c([2H])c([2H])c6c6c(-n7c8c([2H])c([2H])c([2H])c([2H])c8c8c([2H])c([2H])c([2H])c([2H])c87)c([2H])c([2H])c([2H])c65)c([2H])c43)c([2H])c2[2H])c([2H])c1[2H]. The van der Waals surface area contributed by atoms with Crippen LogP contribution in [0.15, 0.2) is 187 Å². The molecule has 0 spiro atoms. The van der Waals surface area contributed by atoms with E-state index in [1.807, 2.05) is 0 Å². The average Bonchev–Trinajstić information content (AvgIpc) is 1.74. The van der Waals surface area contributed by atoms with Gasteiger partial charge in [0.2, 0.25) is 0 Å². The first-order valence-electron chi connectivity index (χ1n) is 30.5. The van der Waals surface area contributed by atoms with Gasteiger partial charge >= 0.3 is 0 Å². The Labute approximate surface area is 338 Å². The van der Waals surface area contributed by atoms with Gasteiger partial charge < -0.3 is 13.7 Å². The standard InChI is InChI=1S/C48H31N3/c1-2-13-32(14-3-1)33-25-27-34(28-26-33)49-41-19-8-4-17-38(41)39-30-29-35(31-47(39)49)50-44-22-11-7-18-40(44)48-45(50)23-12-24-46(48)51-42-20-9-5-15-36(42)37-16-6-10-21-43(37)51/h1-31H/i1D,2D,3D,4D,5D,6D,7D,8D,9D,10D,11D,12D,13D,14D,15D,16D,17D,18D,19D,20D,21D,22D,23D,24D,25D,26D,27D,28D,29D,30D,31D. The lowest BCUT2D eigenvalue weighted by atomic mass is 10.1. The van der Waals surface area contributed by atoms with E-state index >= 15 is 0 Å². The summed E-state index contributed by atoms with van der Waals surface area (Å²) in [5, 5.41) is -3.66. The van der Waals surface area contributed by atoms with Crippen LogP contribution < -0.4 is 0 Å². The molecule has 238 valence electrons. The molecule has 0 N–H and O–H groups in total. The summed E-state index contributed by atoms with van der Waals surface area (Å²) >= 11 is 0. The molecule has 0 aliphatic carbocycles. The van der Waals surface area contributed by atoms with Gasteiger partial charge in [-0.1, -0.05) is 127 Å². The molecule has 0 aliphatic rings. The van der Waals surface area contributed by atoms with E-state index in [4.69, 9.17) is 21.9 Å². The zero-order chi connectivity index (χ0) is 60.4. The minimum atomic E-state index is -1.11. The van der Waals surface area contributed by atoms with E-state index in [1.165, 1.54) is 0 Å². The highest BCUT2D eigenvalue weighted by Crippen LogP contribution is 2.41. The highest BCUT2D eigenvalue weighted by atomic mass is 15.0.